The lowest BCUT2D eigenvalue weighted by molar-refractivity contribution is 0.174. The second-order valence-corrected chi connectivity index (χ2v) is 5.76. The Kier molecular flexibility index (Phi) is 5.04. The molecule has 2 nitrogen and oxygen atoms in total. The summed E-state index contributed by atoms with van der Waals surface area (Å²) in [7, 11) is 2.17. The molecule has 1 aromatic rings. The number of nitrogens with two attached hydrogens (primary N) is 1. The van der Waals surface area contributed by atoms with E-state index < -0.39 is 0 Å². The molecule has 2 N–H and O–H groups in total. The van der Waals surface area contributed by atoms with Crippen LogP contribution in [0, 0.1) is 5.92 Å². The van der Waals surface area contributed by atoms with Crippen LogP contribution in [0.1, 0.15) is 31.2 Å². The minimum atomic E-state index is 0.490. The van der Waals surface area contributed by atoms with Gasteiger partial charge in [-0.05, 0) is 37.4 Å². The Morgan fingerprint density at radius 2 is 2.00 bits per heavy atom. The maximum Gasteiger partial charge on any atom is 0.0451 e. The van der Waals surface area contributed by atoms with Gasteiger partial charge < -0.3 is 5.73 Å². The maximum atomic E-state index is 6.22. The number of nitrogens with zero attached hydrogens (tertiary/aromatic N) is 1. The van der Waals surface area contributed by atoms with Crippen LogP contribution in [0.25, 0.3) is 0 Å². The topological polar surface area (TPSA) is 29.3 Å². The van der Waals surface area contributed by atoms with Gasteiger partial charge in [-0.15, -0.1) is 0 Å². The first-order chi connectivity index (χ1) is 8.72. The predicted octanol–water partition coefficient (Wildman–Crippen LogP) is 3.29. The molecule has 0 aromatic heterocycles. The molecule has 1 aliphatic rings. The van der Waals surface area contributed by atoms with Crippen LogP contribution in [-0.2, 0) is 6.54 Å². The highest BCUT2D eigenvalue weighted by Crippen LogP contribution is 2.30. The lowest BCUT2D eigenvalue weighted by Crippen LogP contribution is -2.42. The average molecular weight is 267 g/mol. The molecule has 1 fully saturated rings. The van der Waals surface area contributed by atoms with Crippen molar-refractivity contribution in [3.8, 4) is 0 Å². The summed E-state index contributed by atoms with van der Waals surface area (Å²) in [6.07, 6.45) is 5.38. The molecule has 0 bridgehead atoms. The fourth-order valence-corrected chi connectivity index (χ4v) is 3.28. The van der Waals surface area contributed by atoms with Crippen LogP contribution in [0.3, 0.4) is 0 Å². The maximum absolute atomic E-state index is 6.22. The van der Waals surface area contributed by atoms with Crippen molar-refractivity contribution in [3.05, 3.63) is 34.9 Å². The van der Waals surface area contributed by atoms with Crippen molar-refractivity contribution in [2.75, 3.05) is 13.6 Å². The number of rotatable bonds is 5. The van der Waals surface area contributed by atoms with Gasteiger partial charge in [-0.1, -0.05) is 42.6 Å². The van der Waals surface area contributed by atoms with E-state index in [1.165, 1.54) is 31.2 Å². The number of hydrogen-bond acceptors (Lipinski definition) is 2. The second-order valence-electron chi connectivity index (χ2n) is 5.35. The standard InChI is InChI=1S/C15H23ClN2/c1-18(11-13-8-4-5-9-14(13)16)15(10-17)12-6-2-3-7-12/h4-5,8-9,12,15H,2-3,6-7,10-11,17H2,1H3. The molecule has 0 saturated heterocycles. The largest absolute Gasteiger partial charge is 0.329 e. The first-order valence-corrected chi connectivity index (χ1v) is 7.24. The SMILES string of the molecule is CN(Cc1ccccc1Cl)C(CN)C1CCCC1. The van der Waals surface area contributed by atoms with Gasteiger partial charge in [-0.25, -0.2) is 0 Å². The van der Waals surface area contributed by atoms with Gasteiger partial charge in [0.25, 0.3) is 0 Å². The molecular weight excluding hydrogens is 244 g/mol. The molecule has 0 radical (unpaired) electrons. The Morgan fingerprint density at radius 3 is 2.61 bits per heavy atom. The summed E-state index contributed by atoms with van der Waals surface area (Å²) in [5.74, 6) is 0.766. The highest BCUT2D eigenvalue weighted by atomic mass is 35.5. The van der Waals surface area contributed by atoms with Crippen LogP contribution < -0.4 is 5.73 Å². The Labute approximate surface area is 115 Å². The highest BCUT2D eigenvalue weighted by molar-refractivity contribution is 6.31. The fourth-order valence-electron chi connectivity index (χ4n) is 3.09. The first kappa shape index (κ1) is 13.9. The van der Waals surface area contributed by atoms with Crippen LogP contribution in [-0.4, -0.2) is 24.5 Å². The lowest BCUT2D eigenvalue weighted by atomic mass is 9.96. The molecule has 18 heavy (non-hydrogen) atoms. The Balaban J connectivity index is 2.01. The third-order valence-corrected chi connectivity index (χ3v) is 4.50. The van der Waals surface area contributed by atoms with E-state index in [1.807, 2.05) is 18.2 Å². The van der Waals surface area contributed by atoms with Crippen LogP contribution in [0.4, 0.5) is 0 Å². The molecule has 100 valence electrons. The van der Waals surface area contributed by atoms with E-state index >= 15 is 0 Å². The Hall–Kier alpha value is -0.570. The Bertz CT molecular complexity index is 375. The van der Waals surface area contributed by atoms with E-state index in [9.17, 15) is 0 Å². The lowest BCUT2D eigenvalue weighted by Gasteiger charge is -2.32. The van der Waals surface area contributed by atoms with E-state index in [0.717, 1.165) is 24.0 Å². The minimum absolute atomic E-state index is 0.490. The van der Waals surface area contributed by atoms with Gasteiger partial charge in [0.15, 0.2) is 0 Å². The monoisotopic (exact) mass is 266 g/mol. The molecule has 2 rings (SSSR count). The van der Waals surface area contributed by atoms with Gasteiger partial charge in [-0.3, -0.25) is 4.90 Å². The van der Waals surface area contributed by atoms with Crippen molar-refractivity contribution in [2.24, 2.45) is 11.7 Å². The summed E-state index contributed by atoms with van der Waals surface area (Å²) >= 11 is 6.22. The molecule has 3 heteroatoms. The van der Waals surface area contributed by atoms with Crippen LogP contribution in [0.5, 0.6) is 0 Å². The highest BCUT2D eigenvalue weighted by Gasteiger charge is 2.27. The van der Waals surface area contributed by atoms with E-state index in [-0.39, 0.29) is 0 Å². The molecule has 0 heterocycles. The number of benzene rings is 1. The number of halogens is 1. The third-order valence-electron chi connectivity index (χ3n) is 4.13. The first-order valence-electron chi connectivity index (χ1n) is 6.86. The van der Waals surface area contributed by atoms with Crippen molar-refractivity contribution in [1.29, 1.82) is 0 Å². The van der Waals surface area contributed by atoms with E-state index in [1.54, 1.807) is 0 Å². The van der Waals surface area contributed by atoms with Gasteiger partial charge in [-0.2, -0.15) is 0 Å². The van der Waals surface area contributed by atoms with Gasteiger partial charge in [0, 0.05) is 24.2 Å². The summed E-state index contributed by atoms with van der Waals surface area (Å²) < 4.78 is 0. The summed E-state index contributed by atoms with van der Waals surface area (Å²) in [5, 5.41) is 0.853. The van der Waals surface area contributed by atoms with Crippen LogP contribution >= 0.6 is 11.6 Å². The Morgan fingerprint density at radius 1 is 1.33 bits per heavy atom. The molecule has 0 amide bonds. The molecule has 1 aliphatic carbocycles. The van der Waals surface area contributed by atoms with Gasteiger partial charge in [0.2, 0.25) is 0 Å². The van der Waals surface area contributed by atoms with E-state index in [0.29, 0.717) is 6.04 Å². The van der Waals surface area contributed by atoms with E-state index in [4.69, 9.17) is 17.3 Å². The zero-order valence-corrected chi connectivity index (χ0v) is 11.9. The van der Waals surface area contributed by atoms with Gasteiger partial charge >= 0.3 is 0 Å². The van der Waals surface area contributed by atoms with Crippen LogP contribution in [0.15, 0.2) is 24.3 Å². The zero-order chi connectivity index (χ0) is 13.0. The molecule has 0 aliphatic heterocycles. The summed E-state index contributed by atoms with van der Waals surface area (Å²) in [6, 6.07) is 8.56. The summed E-state index contributed by atoms with van der Waals surface area (Å²) in [6.45, 7) is 1.63. The van der Waals surface area contributed by atoms with Crippen LogP contribution in [0.2, 0.25) is 5.02 Å². The predicted molar refractivity (Wildman–Crippen MR) is 77.7 cm³/mol. The average Bonchev–Trinajstić information content (AvgIpc) is 2.87. The van der Waals surface area contributed by atoms with Crippen molar-refractivity contribution in [3.63, 3.8) is 0 Å². The molecule has 1 aromatic carbocycles. The quantitative estimate of drug-likeness (QED) is 0.886. The third kappa shape index (κ3) is 3.25. The molecule has 1 atom stereocenters. The van der Waals surface area contributed by atoms with Crippen molar-refractivity contribution in [1.82, 2.24) is 4.90 Å². The second kappa shape index (κ2) is 6.55. The smallest absolute Gasteiger partial charge is 0.0451 e. The minimum Gasteiger partial charge on any atom is -0.329 e. The molecule has 1 unspecified atom stereocenters. The van der Waals surface area contributed by atoms with E-state index in [2.05, 4.69) is 18.0 Å². The summed E-state index contributed by atoms with van der Waals surface area (Å²) in [5.41, 5.74) is 7.16. The van der Waals surface area contributed by atoms with Crippen molar-refractivity contribution < 1.29 is 0 Å². The van der Waals surface area contributed by atoms with Crippen molar-refractivity contribution >= 4 is 11.6 Å². The van der Waals surface area contributed by atoms with Gasteiger partial charge in [0.05, 0.1) is 0 Å². The summed E-state index contributed by atoms with van der Waals surface area (Å²) in [4.78, 5) is 2.37. The zero-order valence-electron chi connectivity index (χ0n) is 11.1. The number of hydrogen-bond donors (Lipinski definition) is 1. The number of likely N-dealkylation sites (N-methyl/N-ethyl adjacent to an activating group) is 1. The van der Waals surface area contributed by atoms with Crippen molar-refractivity contribution in [2.45, 2.75) is 38.3 Å². The molecule has 0 spiro atoms. The fraction of sp³-hybridized carbons (Fsp3) is 0.600. The normalized spacial score (nSPS) is 18.4. The molecule has 1 saturated carbocycles. The molecular formula is C15H23ClN2. The van der Waals surface area contributed by atoms with Gasteiger partial charge in [0.1, 0.15) is 0 Å².